The van der Waals surface area contributed by atoms with E-state index >= 15 is 0 Å². The third-order valence-electron chi connectivity index (χ3n) is 3.76. The van der Waals surface area contributed by atoms with E-state index in [0.29, 0.717) is 6.54 Å². The fourth-order valence-corrected chi connectivity index (χ4v) is 2.65. The van der Waals surface area contributed by atoms with Crippen molar-refractivity contribution in [3.05, 3.63) is 48.0 Å². The van der Waals surface area contributed by atoms with Crippen LogP contribution in [0.25, 0.3) is 10.8 Å². The smallest absolute Gasteiger partial charge is 0.262 e. The van der Waals surface area contributed by atoms with Crippen molar-refractivity contribution in [3.8, 4) is 0 Å². The maximum Gasteiger partial charge on any atom is 0.262 e. The molecule has 3 nitrogen and oxygen atoms in total. The van der Waals surface area contributed by atoms with Crippen LogP contribution in [0.15, 0.2) is 42.5 Å². The molecule has 1 atom stereocenters. The Morgan fingerprint density at radius 1 is 1.24 bits per heavy atom. The largest absolute Gasteiger partial charge is 0.351 e. The molecule has 0 saturated carbocycles. The van der Waals surface area contributed by atoms with Gasteiger partial charge in [-0.1, -0.05) is 42.5 Å². The van der Waals surface area contributed by atoms with Crippen LogP contribution in [0.3, 0.4) is 0 Å². The molecular formula is C16H16F2N2O. The average molecular weight is 290 g/mol. The number of carbonyl (C=O) groups excluding carboxylic acids is 1. The van der Waals surface area contributed by atoms with Crippen LogP contribution >= 0.6 is 0 Å². The van der Waals surface area contributed by atoms with Gasteiger partial charge >= 0.3 is 0 Å². The third-order valence-corrected chi connectivity index (χ3v) is 3.76. The zero-order valence-electron chi connectivity index (χ0n) is 11.4. The van der Waals surface area contributed by atoms with E-state index in [9.17, 15) is 13.6 Å². The Morgan fingerprint density at radius 3 is 2.76 bits per heavy atom. The molecule has 5 heteroatoms. The molecule has 1 fully saturated rings. The lowest BCUT2D eigenvalue weighted by Crippen LogP contribution is -2.40. The second kappa shape index (κ2) is 5.41. The Labute approximate surface area is 121 Å². The number of hydrogen-bond acceptors (Lipinski definition) is 2. The molecule has 2 aromatic carbocycles. The SMILES string of the molecule is O=C(NCc1cccc2ccccc12)C1CC(F)(F)CN1. The summed E-state index contributed by atoms with van der Waals surface area (Å²) in [5, 5.41) is 7.45. The minimum absolute atomic E-state index is 0.337. The molecule has 0 aromatic heterocycles. The summed E-state index contributed by atoms with van der Waals surface area (Å²) in [6.45, 7) is -0.0940. The van der Waals surface area contributed by atoms with E-state index in [1.165, 1.54) is 0 Å². The molecule has 0 bridgehead atoms. The summed E-state index contributed by atoms with van der Waals surface area (Å²) in [4.78, 5) is 11.9. The molecule has 2 aromatic rings. The van der Waals surface area contributed by atoms with Gasteiger partial charge in [-0.15, -0.1) is 0 Å². The Morgan fingerprint density at radius 2 is 2.00 bits per heavy atom. The van der Waals surface area contributed by atoms with Crippen molar-refractivity contribution in [1.82, 2.24) is 10.6 Å². The second-order valence-corrected chi connectivity index (χ2v) is 5.35. The van der Waals surface area contributed by atoms with Gasteiger partial charge in [0, 0.05) is 13.0 Å². The number of fused-ring (bicyclic) bond motifs is 1. The van der Waals surface area contributed by atoms with Crippen LogP contribution in [-0.4, -0.2) is 24.4 Å². The number of amides is 1. The molecule has 1 unspecified atom stereocenters. The second-order valence-electron chi connectivity index (χ2n) is 5.35. The van der Waals surface area contributed by atoms with Crippen LogP contribution in [0.2, 0.25) is 0 Å². The van der Waals surface area contributed by atoms with E-state index in [1.54, 1.807) is 0 Å². The zero-order valence-corrected chi connectivity index (χ0v) is 11.4. The summed E-state index contributed by atoms with van der Waals surface area (Å²) < 4.78 is 26.2. The summed E-state index contributed by atoms with van der Waals surface area (Å²) in [5.41, 5.74) is 0.978. The number of hydrogen-bond donors (Lipinski definition) is 2. The number of halogens is 2. The number of benzene rings is 2. The number of alkyl halides is 2. The monoisotopic (exact) mass is 290 g/mol. The van der Waals surface area contributed by atoms with Crippen LogP contribution in [-0.2, 0) is 11.3 Å². The van der Waals surface area contributed by atoms with Crippen LogP contribution in [0.1, 0.15) is 12.0 Å². The van der Waals surface area contributed by atoms with Crippen molar-refractivity contribution in [2.75, 3.05) is 6.54 Å². The fraction of sp³-hybridized carbons (Fsp3) is 0.312. The predicted octanol–water partition coefficient (Wildman–Crippen LogP) is 2.45. The highest BCUT2D eigenvalue weighted by Gasteiger charge is 2.42. The summed E-state index contributed by atoms with van der Waals surface area (Å²) >= 11 is 0. The van der Waals surface area contributed by atoms with Gasteiger partial charge < -0.3 is 5.32 Å². The topological polar surface area (TPSA) is 41.1 Å². The molecular weight excluding hydrogens is 274 g/mol. The quantitative estimate of drug-likeness (QED) is 0.911. The Bertz CT molecular complexity index is 667. The van der Waals surface area contributed by atoms with Crippen molar-refractivity contribution < 1.29 is 13.6 Å². The number of nitrogens with one attached hydrogen (secondary N) is 2. The third kappa shape index (κ3) is 3.03. The van der Waals surface area contributed by atoms with Crippen molar-refractivity contribution in [2.24, 2.45) is 0 Å². The van der Waals surface area contributed by atoms with Crippen molar-refractivity contribution in [1.29, 1.82) is 0 Å². The first-order chi connectivity index (χ1) is 10.1. The van der Waals surface area contributed by atoms with Crippen LogP contribution in [0.4, 0.5) is 8.78 Å². The highest BCUT2D eigenvalue weighted by molar-refractivity contribution is 5.87. The molecule has 1 aliphatic heterocycles. The van der Waals surface area contributed by atoms with Gasteiger partial charge in [-0.25, -0.2) is 8.78 Å². The lowest BCUT2D eigenvalue weighted by molar-refractivity contribution is -0.123. The van der Waals surface area contributed by atoms with Crippen molar-refractivity contribution >= 4 is 16.7 Å². The highest BCUT2D eigenvalue weighted by atomic mass is 19.3. The highest BCUT2D eigenvalue weighted by Crippen LogP contribution is 2.25. The maximum absolute atomic E-state index is 13.1. The van der Waals surface area contributed by atoms with Crippen LogP contribution < -0.4 is 10.6 Å². The van der Waals surface area contributed by atoms with Gasteiger partial charge in [0.2, 0.25) is 5.91 Å². The molecule has 1 heterocycles. The van der Waals surface area contributed by atoms with E-state index in [1.807, 2.05) is 42.5 Å². The summed E-state index contributed by atoms with van der Waals surface area (Å²) in [5.74, 6) is -3.17. The predicted molar refractivity (Wildman–Crippen MR) is 77.1 cm³/mol. The van der Waals surface area contributed by atoms with Crippen LogP contribution in [0.5, 0.6) is 0 Å². The van der Waals surface area contributed by atoms with Gasteiger partial charge in [0.15, 0.2) is 0 Å². The van der Waals surface area contributed by atoms with E-state index in [-0.39, 0.29) is 5.91 Å². The molecule has 0 radical (unpaired) electrons. The minimum atomic E-state index is -2.79. The Kier molecular flexibility index (Phi) is 3.59. The first-order valence-electron chi connectivity index (χ1n) is 6.91. The van der Waals surface area contributed by atoms with E-state index in [2.05, 4.69) is 10.6 Å². The van der Waals surface area contributed by atoms with Crippen molar-refractivity contribution in [3.63, 3.8) is 0 Å². The first kappa shape index (κ1) is 13.9. The molecule has 1 saturated heterocycles. The van der Waals surface area contributed by atoms with E-state index in [0.717, 1.165) is 16.3 Å². The standard InChI is InChI=1S/C16H16F2N2O/c17-16(18)8-14(20-10-16)15(21)19-9-12-6-3-5-11-4-1-2-7-13(11)12/h1-7,14,20H,8-10H2,(H,19,21). The number of carbonyl (C=O) groups is 1. The van der Waals surface area contributed by atoms with Crippen LogP contribution in [0, 0.1) is 0 Å². The maximum atomic E-state index is 13.1. The molecule has 21 heavy (non-hydrogen) atoms. The lowest BCUT2D eigenvalue weighted by atomic mass is 10.0. The van der Waals surface area contributed by atoms with Crippen molar-refractivity contribution in [2.45, 2.75) is 24.9 Å². The molecule has 1 amide bonds. The average Bonchev–Trinajstić information content (AvgIpc) is 2.85. The van der Waals surface area contributed by atoms with E-state index < -0.39 is 24.9 Å². The Hall–Kier alpha value is -2.01. The Balaban J connectivity index is 1.68. The van der Waals surface area contributed by atoms with Gasteiger partial charge in [-0.3, -0.25) is 10.1 Å². The van der Waals surface area contributed by atoms with E-state index in [4.69, 9.17) is 0 Å². The number of rotatable bonds is 3. The molecule has 2 N–H and O–H groups in total. The molecule has 0 aliphatic carbocycles. The van der Waals surface area contributed by atoms with Gasteiger partial charge in [0.1, 0.15) is 0 Å². The normalized spacial score (nSPS) is 20.6. The fourth-order valence-electron chi connectivity index (χ4n) is 2.65. The summed E-state index contributed by atoms with van der Waals surface area (Å²) in [6.07, 6.45) is -0.436. The lowest BCUT2D eigenvalue weighted by Gasteiger charge is -2.12. The van der Waals surface area contributed by atoms with Gasteiger partial charge in [0.05, 0.1) is 12.6 Å². The summed E-state index contributed by atoms with van der Waals surface area (Å²) in [6, 6.07) is 12.9. The zero-order chi connectivity index (χ0) is 14.9. The molecule has 3 rings (SSSR count). The minimum Gasteiger partial charge on any atom is -0.351 e. The summed E-state index contributed by atoms with van der Waals surface area (Å²) in [7, 11) is 0. The molecule has 110 valence electrons. The van der Waals surface area contributed by atoms with Gasteiger partial charge in [-0.05, 0) is 16.3 Å². The molecule has 0 spiro atoms. The first-order valence-corrected chi connectivity index (χ1v) is 6.91. The van der Waals surface area contributed by atoms with Gasteiger partial charge in [0.25, 0.3) is 5.92 Å². The molecule has 1 aliphatic rings. The van der Waals surface area contributed by atoms with Gasteiger partial charge in [-0.2, -0.15) is 0 Å².